The van der Waals surface area contributed by atoms with Gasteiger partial charge in [0.15, 0.2) is 17.3 Å². The molecule has 0 saturated carbocycles. The molecule has 0 radical (unpaired) electrons. The van der Waals surface area contributed by atoms with Gasteiger partial charge in [-0.15, -0.1) is 0 Å². The highest BCUT2D eigenvalue weighted by atomic mass is 16.7. The Kier molecular flexibility index (Phi) is 3.67. The smallest absolute Gasteiger partial charge is 0.231 e. The molecule has 0 N–H and O–H groups in total. The monoisotopic (exact) mass is 328 g/mol. The SMILES string of the molecule is C[C@@]1(Cc2ccc3c(c2)OCO3)CCC(=O)N(Cc2ccno2)C1. The van der Waals surface area contributed by atoms with Gasteiger partial charge in [0.05, 0.1) is 12.7 Å². The summed E-state index contributed by atoms with van der Waals surface area (Å²) in [7, 11) is 0. The number of likely N-dealkylation sites (tertiary alicyclic amines) is 1. The fourth-order valence-corrected chi connectivity index (χ4v) is 3.54. The van der Waals surface area contributed by atoms with Crippen molar-refractivity contribution in [3.63, 3.8) is 0 Å². The van der Waals surface area contributed by atoms with Gasteiger partial charge in [-0.3, -0.25) is 4.79 Å². The maximum atomic E-state index is 12.2. The molecule has 3 heterocycles. The summed E-state index contributed by atoms with van der Waals surface area (Å²) in [6.45, 7) is 3.71. The summed E-state index contributed by atoms with van der Waals surface area (Å²) in [5.41, 5.74) is 1.23. The minimum Gasteiger partial charge on any atom is -0.454 e. The van der Waals surface area contributed by atoms with Crippen LogP contribution in [0.3, 0.4) is 0 Å². The molecule has 1 fully saturated rings. The zero-order chi connectivity index (χ0) is 16.6. The molecule has 2 aliphatic heterocycles. The van der Waals surface area contributed by atoms with Gasteiger partial charge in [0.25, 0.3) is 0 Å². The summed E-state index contributed by atoms with van der Waals surface area (Å²) in [4.78, 5) is 14.1. The molecule has 2 aromatic rings. The molecule has 1 aromatic heterocycles. The molecular formula is C18H20N2O4. The molecule has 1 amide bonds. The highest BCUT2D eigenvalue weighted by molar-refractivity contribution is 5.77. The average Bonchev–Trinajstić information content (AvgIpc) is 3.22. The third-order valence-corrected chi connectivity index (χ3v) is 4.77. The van der Waals surface area contributed by atoms with Crippen LogP contribution in [0, 0.1) is 5.41 Å². The number of rotatable bonds is 4. The molecule has 24 heavy (non-hydrogen) atoms. The Labute approximate surface area is 140 Å². The van der Waals surface area contributed by atoms with E-state index in [0.29, 0.717) is 19.5 Å². The van der Waals surface area contributed by atoms with Crippen molar-refractivity contribution in [1.82, 2.24) is 10.1 Å². The van der Waals surface area contributed by atoms with Gasteiger partial charge >= 0.3 is 0 Å². The van der Waals surface area contributed by atoms with E-state index in [1.54, 1.807) is 12.3 Å². The molecule has 0 aliphatic carbocycles. The second-order valence-corrected chi connectivity index (χ2v) is 6.90. The van der Waals surface area contributed by atoms with Crippen molar-refractivity contribution in [3.8, 4) is 11.5 Å². The lowest BCUT2D eigenvalue weighted by atomic mass is 9.76. The van der Waals surface area contributed by atoms with E-state index < -0.39 is 0 Å². The van der Waals surface area contributed by atoms with Crippen molar-refractivity contribution in [2.75, 3.05) is 13.3 Å². The normalized spacial score (nSPS) is 22.9. The van der Waals surface area contributed by atoms with Crippen LogP contribution < -0.4 is 9.47 Å². The quantitative estimate of drug-likeness (QED) is 0.863. The molecule has 6 heteroatoms. The van der Waals surface area contributed by atoms with Gasteiger partial charge in [0.1, 0.15) is 0 Å². The molecule has 6 nitrogen and oxygen atoms in total. The van der Waals surface area contributed by atoms with Crippen molar-refractivity contribution < 1.29 is 18.8 Å². The molecule has 1 aromatic carbocycles. The Morgan fingerprint density at radius 1 is 1.25 bits per heavy atom. The fraction of sp³-hybridized carbons (Fsp3) is 0.444. The van der Waals surface area contributed by atoms with E-state index in [1.807, 2.05) is 17.0 Å². The number of aromatic nitrogens is 1. The van der Waals surface area contributed by atoms with Gasteiger partial charge in [-0.05, 0) is 36.0 Å². The summed E-state index contributed by atoms with van der Waals surface area (Å²) < 4.78 is 16.0. The van der Waals surface area contributed by atoms with Crippen LogP contribution in [0.1, 0.15) is 31.1 Å². The number of hydrogen-bond acceptors (Lipinski definition) is 5. The molecule has 126 valence electrons. The zero-order valence-corrected chi connectivity index (χ0v) is 13.7. The Hall–Kier alpha value is -2.50. The van der Waals surface area contributed by atoms with E-state index in [9.17, 15) is 4.79 Å². The van der Waals surface area contributed by atoms with Crippen LogP contribution in [0.2, 0.25) is 0 Å². The van der Waals surface area contributed by atoms with E-state index in [-0.39, 0.29) is 18.1 Å². The van der Waals surface area contributed by atoms with Gasteiger partial charge in [0.2, 0.25) is 12.7 Å². The Balaban J connectivity index is 1.48. The molecular weight excluding hydrogens is 308 g/mol. The van der Waals surface area contributed by atoms with E-state index >= 15 is 0 Å². The number of benzene rings is 1. The number of fused-ring (bicyclic) bond motifs is 1. The predicted octanol–water partition coefficient (Wildman–Crippen LogP) is 2.77. The standard InChI is InChI=1S/C18H20N2O4/c1-18(9-13-2-3-15-16(8-13)23-12-22-15)6-4-17(21)20(11-18)10-14-5-7-19-24-14/h2-3,5,7-8H,4,6,9-12H2,1H3/t18-/m0/s1. The molecule has 4 rings (SSSR count). The highest BCUT2D eigenvalue weighted by Crippen LogP contribution is 2.38. The Morgan fingerprint density at radius 3 is 2.96 bits per heavy atom. The summed E-state index contributed by atoms with van der Waals surface area (Å²) >= 11 is 0. The fourth-order valence-electron chi connectivity index (χ4n) is 3.54. The first-order valence-corrected chi connectivity index (χ1v) is 8.17. The number of ether oxygens (including phenoxy) is 2. The topological polar surface area (TPSA) is 64.8 Å². The van der Waals surface area contributed by atoms with Gasteiger partial charge in [0, 0.05) is 19.0 Å². The Bertz CT molecular complexity index is 743. The van der Waals surface area contributed by atoms with Gasteiger partial charge in [-0.1, -0.05) is 18.1 Å². The van der Waals surface area contributed by atoms with Crippen molar-refractivity contribution in [2.24, 2.45) is 5.41 Å². The lowest BCUT2D eigenvalue weighted by molar-refractivity contribution is -0.138. The van der Waals surface area contributed by atoms with Crippen molar-refractivity contribution in [1.29, 1.82) is 0 Å². The number of hydrogen-bond donors (Lipinski definition) is 0. The van der Waals surface area contributed by atoms with Crippen LogP contribution in [0.15, 0.2) is 35.0 Å². The van der Waals surface area contributed by atoms with Crippen LogP contribution in [0.4, 0.5) is 0 Å². The number of nitrogens with zero attached hydrogens (tertiary/aromatic N) is 2. The molecule has 1 saturated heterocycles. The van der Waals surface area contributed by atoms with Crippen LogP contribution in [-0.4, -0.2) is 29.3 Å². The summed E-state index contributed by atoms with van der Waals surface area (Å²) in [6, 6.07) is 7.89. The van der Waals surface area contributed by atoms with Crippen molar-refractivity contribution >= 4 is 5.91 Å². The molecule has 0 bridgehead atoms. The second-order valence-electron chi connectivity index (χ2n) is 6.90. The zero-order valence-electron chi connectivity index (χ0n) is 13.7. The molecule has 1 atom stereocenters. The number of carbonyl (C=O) groups excluding carboxylic acids is 1. The van der Waals surface area contributed by atoms with Crippen LogP contribution in [-0.2, 0) is 17.8 Å². The third kappa shape index (κ3) is 2.96. The summed E-state index contributed by atoms with van der Waals surface area (Å²) in [5, 5.41) is 3.71. The largest absolute Gasteiger partial charge is 0.454 e. The lowest BCUT2D eigenvalue weighted by Gasteiger charge is -2.40. The van der Waals surface area contributed by atoms with Gasteiger partial charge in [-0.2, -0.15) is 0 Å². The first-order valence-electron chi connectivity index (χ1n) is 8.17. The van der Waals surface area contributed by atoms with Crippen LogP contribution in [0.5, 0.6) is 11.5 Å². The maximum Gasteiger partial charge on any atom is 0.231 e. The van der Waals surface area contributed by atoms with Crippen molar-refractivity contribution in [2.45, 2.75) is 32.7 Å². The first-order chi connectivity index (χ1) is 11.6. The summed E-state index contributed by atoms with van der Waals surface area (Å²) in [5.74, 6) is 2.50. The second kappa shape index (κ2) is 5.85. The number of piperidine rings is 1. The number of amides is 1. The van der Waals surface area contributed by atoms with Crippen LogP contribution in [0.25, 0.3) is 0 Å². The molecule has 0 unspecified atom stereocenters. The number of carbonyl (C=O) groups is 1. The molecule has 0 spiro atoms. The minimum absolute atomic E-state index is 0.0294. The van der Waals surface area contributed by atoms with Gasteiger partial charge in [-0.25, -0.2) is 0 Å². The van der Waals surface area contributed by atoms with E-state index in [4.69, 9.17) is 14.0 Å². The lowest BCUT2D eigenvalue weighted by Crippen LogP contribution is -2.45. The van der Waals surface area contributed by atoms with Gasteiger partial charge < -0.3 is 18.9 Å². The predicted molar refractivity (Wildman–Crippen MR) is 85.5 cm³/mol. The first kappa shape index (κ1) is 15.1. The highest BCUT2D eigenvalue weighted by Gasteiger charge is 2.35. The summed E-state index contributed by atoms with van der Waals surface area (Å²) in [6.07, 6.45) is 3.95. The van der Waals surface area contributed by atoms with E-state index in [0.717, 1.165) is 30.1 Å². The third-order valence-electron chi connectivity index (χ3n) is 4.77. The average molecular weight is 328 g/mol. The van der Waals surface area contributed by atoms with Crippen molar-refractivity contribution in [3.05, 3.63) is 41.8 Å². The minimum atomic E-state index is 0.0294. The van der Waals surface area contributed by atoms with E-state index in [1.165, 1.54) is 5.56 Å². The maximum absolute atomic E-state index is 12.2. The van der Waals surface area contributed by atoms with E-state index in [2.05, 4.69) is 18.1 Å². The Morgan fingerprint density at radius 2 is 2.12 bits per heavy atom. The van der Waals surface area contributed by atoms with Crippen LogP contribution >= 0.6 is 0 Å². The molecule has 2 aliphatic rings.